The van der Waals surface area contributed by atoms with Gasteiger partial charge < -0.3 is 14.5 Å². The first-order chi connectivity index (χ1) is 12.0. The van der Waals surface area contributed by atoms with Crippen LogP contribution in [0.4, 0.5) is 0 Å². The van der Waals surface area contributed by atoms with Crippen LogP contribution in [0, 0.1) is 0 Å². The fraction of sp³-hybridized carbons (Fsp3) is 0.389. The highest BCUT2D eigenvalue weighted by Crippen LogP contribution is 2.28. The summed E-state index contributed by atoms with van der Waals surface area (Å²) in [6.07, 6.45) is 2.66. The summed E-state index contributed by atoms with van der Waals surface area (Å²) in [7, 11) is 0. The number of rotatable bonds is 5. The summed E-state index contributed by atoms with van der Waals surface area (Å²) in [6.45, 7) is 1.34. The SMILES string of the molecule is O=C(O)c1cccc(C2CCCN(C(=O)CCc3cc(Cl)no3)C2)c1. The highest BCUT2D eigenvalue weighted by atomic mass is 35.5. The number of hydrogen-bond donors (Lipinski definition) is 1. The molecule has 1 aromatic heterocycles. The monoisotopic (exact) mass is 362 g/mol. The molecular formula is C18H19ClN2O4. The molecule has 1 fully saturated rings. The number of carboxylic acids is 1. The van der Waals surface area contributed by atoms with Gasteiger partial charge in [0.2, 0.25) is 5.91 Å². The molecule has 0 spiro atoms. The van der Waals surface area contributed by atoms with E-state index in [1.165, 1.54) is 0 Å². The van der Waals surface area contributed by atoms with E-state index in [1.54, 1.807) is 24.3 Å². The van der Waals surface area contributed by atoms with Crippen LogP contribution in [0.5, 0.6) is 0 Å². The van der Waals surface area contributed by atoms with Crippen LogP contribution in [0.3, 0.4) is 0 Å². The van der Waals surface area contributed by atoms with Gasteiger partial charge in [0, 0.05) is 37.9 Å². The Labute approximate surface area is 150 Å². The van der Waals surface area contributed by atoms with Gasteiger partial charge in [0.05, 0.1) is 5.56 Å². The third-order valence-corrected chi connectivity index (χ3v) is 4.67. The fourth-order valence-electron chi connectivity index (χ4n) is 3.20. The molecule has 6 nitrogen and oxygen atoms in total. The number of likely N-dealkylation sites (tertiary alicyclic amines) is 1. The van der Waals surface area contributed by atoms with Crippen LogP contribution in [0.25, 0.3) is 0 Å². The minimum Gasteiger partial charge on any atom is -0.478 e. The molecule has 2 aromatic rings. The molecule has 1 amide bonds. The molecule has 1 aliphatic rings. The van der Waals surface area contributed by atoms with E-state index in [2.05, 4.69) is 5.16 Å². The minimum atomic E-state index is -0.934. The second-order valence-electron chi connectivity index (χ2n) is 6.23. The smallest absolute Gasteiger partial charge is 0.335 e. The van der Waals surface area contributed by atoms with Gasteiger partial charge in [-0.15, -0.1) is 0 Å². The summed E-state index contributed by atoms with van der Waals surface area (Å²) in [4.78, 5) is 25.5. The molecule has 1 saturated heterocycles. The zero-order valence-corrected chi connectivity index (χ0v) is 14.4. The van der Waals surface area contributed by atoms with Crippen LogP contribution in [0.2, 0.25) is 5.15 Å². The fourth-order valence-corrected chi connectivity index (χ4v) is 3.35. The summed E-state index contributed by atoms with van der Waals surface area (Å²) >= 11 is 5.70. The maximum atomic E-state index is 12.5. The first-order valence-electron chi connectivity index (χ1n) is 8.25. The lowest BCUT2D eigenvalue weighted by atomic mass is 9.89. The molecule has 0 radical (unpaired) electrons. The number of aromatic carboxylic acids is 1. The van der Waals surface area contributed by atoms with Crippen LogP contribution >= 0.6 is 11.6 Å². The lowest BCUT2D eigenvalue weighted by molar-refractivity contribution is -0.132. The van der Waals surface area contributed by atoms with E-state index in [0.717, 1.165) is 24.9 Å². The van der Waals surface area contributed by atoms with E-state index >= 15 is 0 Å². The summed E-state index contributed by atoms with van der Waals surface area (Å²) < 4.78 is 5.02. The van der Waals surface area contributed by atoms with Gasteiger partial charge in [-0.05, 0) is 30.5 Å². The van der Waals surface area contributed by atoms with Crippen LogP contribution in [-0.2, 0) is 11.2 Å². The Balaban J connectivity index is 1.61. The van der Waals surface area contributed by atoms with Crippen LogP contribution in [-0.4, -0.2) is 40.1 Å². The first kappa shape index (κ1) is 17.5. The van der Waals surface area contributed by atoms with Crippen molar-refractivity contribution in [2.24, 2.45) is 0 Å². The number of carboxylic acid groups (broad SMARTS) is 1. The van der Waals surface area contributed by atoms with Crippen LogP contribution < -0.4 is 0 Å². The second kappa shape index (κ2) is 7.70. The molecule has 1 unspecified atom stereocenters. The third-order valence-electron chi connectivity index (χ3n) is 4.49. The molecule has 7 heteroatoms. The predicted octanol–water partition coefficient (Wildman–Crippen LogP) is 3.37. The summed E-state index contributed by atoms with van der Waals surface area (Å²) in [6, 6.07) is 8.59. The van der Waals surface area contributed by atoms with Crippen molar-refractivity contribution < 1.29 is 19.2 Å². The van der Waals surface area contributed by atoms with E-state index in [1.807, 2.05) is 11.0 Å². The largest absolute Gasteiger partial charge is 0.478 e. The molecule has 1 N–H and O–H groups in total. The molecule has 132 valence electrons. The van der Waals surface area contributed by atoms with E-state index in [-0.39, 0.29) is 17.4 Å². The van der Waals surface area contributed by atoms with E-state index in [0.29, 0.717) is 30.3 Å². The van der Waals surface area contributed by atoms with Gasteiger partial charge in [0.25, 0.3) is 0 Å². The lowest BCUT2D eigenvalue weighted by Gasteiger charge is -2.33. The number of aryl methyl sites for hydroxylation is 1. The molecule has 1 aromatic carbocycles. The van der Waals surface area contributed by atoms with Gasteiger partial charge in [-0.3, -0.25) is 4.79 Å². The van der Waals surface area contributed by atoms with Crippen molar-refractivity contribution >= 4 is 23.5 Å². The Kier molecular flexibility index (Phi) is 5.38. The average Bonchev–Trinajstić information content (AvgIpc) is 3.05. The Morgan fingerprint density at radius 1 is 1.36 bits per heavy atom. The molecule has 2 heterocycles. The van der Waals surface area contributed by atoms with Crippen LogP contribution in [0.15, 0.2) is 34.9 Å². The molecular weight excluding hydrogens is 344 g/mol. The molecule has 1 aliphatic heterocycles. The maximum Gasteiger partial charge on any atom is 0.335 e. The molecule has 3 rings (SSSR count). The second-order valence-corrected chi connectivity index (χ2v) is 6.61. The highest BCUT2D eigenvalue weighted by Gasteiger charge is 2.25. The zero-order valence-electron chi connectivity index (χ0n) is 13.7. The third kappa shape index (κ3) is 4.39. The van der Waals surface area contributed by atoms with E-state index in [4.69, 9.17) is 21.2 Å². The average molecular weight is 363 g/mol. The normalized spacial score (nSPS) is 17.5. The number of carbonyl (C=O) groups is 2. The lowest BCUT2D eigenvalue weighted by Crippen LogP contribution is -2.39. The Morgan fingerprint density at radius 3 is 2.92 bits per heavy atom. The maximum absolute atomic E-state index is 12.5. The van der Waals surface area contributed by atoms with E-state index in [9.17, 15) is 9.59 Å². The van der Waals surface area contributed by atoms with Gasteiger partial charge in [-0.2, -0.15) is 0 Å². The molecule has 0 saturated carbocycles. The molecule has 1 atom stereocenters. The molecule has 0 aliphatic carbocycles. The minimum absolute atomic E-state index is 0.0617. The number of aromatic nitrogens is 1. The summed E-state index contributed by atoms with van der Waals surface area (Å²) in [5.41, 5.74) is 1.25. The topological polar surface area (TPSA) is 83.6 Å². The van der Waals surface area contributed by atoms with Gasteiger partial charge in [-0.25, -0.2) is 4.79 Å². The van der Waals surface area contributed by atoms with Crippen molar-refractivity contribution in [1.82, 2.24) is 10.1 Å². The number of benzene rings is 1. The van der Waals surface area contributed by atoms with Crippen LogP contribution in [0.1, 0.15) is 46.9 Å². The number of carbonyl (C=O) groups excluding carboxylic acids is 1. The summed E-state index contributed by atoms with van der Waals surface area (Å²) in [5.74, 6) is -0.110. The van der Waals surface area contributed by atoms with Crippen molar-refractivity contribution in [3.05, 3.63) is 52.4 Å². The Bertz CT molecular complexity index is 774. The van der Waals surface area contributed by atoms with Crippen molar-refractivity contribution in [1.29, 1.82) is 0 Å². The Hall–Kier alpha value is -2.34. The van der Waals surface area contributed by atoms with Gasteiger partial charge in [0.1, 0.15) is 5.76 Å². The summed E-state index contributed by atoms with van der Waals surface area (Å²) in [5, 5.41) is 13.0. The van der Waals surface area contributed by atoms with Crippen molar-refractivity contribution in [2.75, 3.05) is 13.1 Å². The predicted molar refractivity (Wildman–Crippen MR) is 91.8 cm³/mol. The van der Waals surface area contributed by atoms with Gasteiger partial charge >= 0.3 is 5.97 Å². The molecule has 25 heavy (non-hydrogen) atoms. The first-order valence-corrected chi connectivity index (χ1v) is 8.63. The van der Waals surface area contributed by atoms with E-state index < -0.39 is 5.97 Å². The zero-order chi connectivity index (χ0) is 17.8. The number of nitrogens with zero attached hydrogens (tertiary/aromatic N) is 2. The number of amides is 1. The van der Waals surface area contributed by atoms with Crippen molar-refractivity contribution in [3.8, 4) is 0 Å². The standard InChI is InChI=1S/C18H19ClN2O4/c19-16-10-15(25-20-16)6-7-17(22)21-8-2-5-14(11-21)12-3-1-4-13(9-12)18(23)24/h1,3-4,9-10,14H,2,5-8,11H2,(H,23,24). The number of hydrogen-bond acceptors (Lipinski definition) is 4. The Morgan fingerprint density at radius 2 is 2.20 bits per heavy atom. The number of halogens is 1. The number of piperidine rings is 1. The van der Waals surface area contributed by atoms with Gasteiger partial charge in [-0.1, -0.05) is 28.9 Å². The van der Waals surface area contributed by atoms with Crippen molar-refractivity contribution in [2.45, 2.75) is 31.6 Å². The quantitative estimate of drug-likeness (QED) is 0.881. The van der Waals surface area contributed by atoms with Gasteiger partial charge in [0.15, 0.2) is 5.15 Å². The highest BCUT2D eigenvalue weighted by molar-refractivity contribution is 6.29. The van der Waals surface area contributed by atoms with Crippen molar-refractivity contribution in [3.63, 3.8) is 0 Å². The molecule has 0 bridgehead atoms.